The van der Waals surface area contributed by atoms with Gasteiger partial charge in [0.1, 0.15) is 11.6 Å². The summed E-state index contributed by atoms with van der Waals surface area (Å²) in [6.07, 6.45) is 2.64. The van der Waals surface area contributed by atoms with Gasteiger partial charge >= 0.3 is 0 Å². The second-order valence-electron chi connectivity index (χ2n) is 8.93. The molecule has 3 heterocycles. The van der Waals surface area contributed by atoms with E-state index in [4.69, 9.17) is 4.74 Å². The molecule has 27 heavy (non-hydrogen) atoms. The van der Waals surface area contributed by atoms with Crippen LogP contribution in [0.3, 0.4) is 0 Å². The Morgan fingerprint density at radius 1 is 1.11 bits per heavy atom. The molecule has 0 bridgehead atoms. The number of halogens is 1. The normalized spacial score (nSPS) is 25.2. The van der Waals surface area contributed by atoms with E-state index in [2.05, 4.69) is 0 Å². The van der Waals surface area contributed by atoms with Gasteiger partial charge in [0.2, 0.25) is 5.91 Å². The van der Waals surface area contributed by atoms with E-state index < -0.39 is 11.7 Å². The van der Waals surface area contributed by atoms with Gasteiger partial charge in [0.15, 0.2) is 0 Å². The summed E-state index contributed by atoms with van der Waals surface area (Å²) >= 11 is 0. The number of benzene rings is 1. The van der Waals surface area contributed by atoms with Gasteiger partial charge in [-0.05, 0) is 37.5 Å². The molecule has 0 atom stereocenters. The van der Waals surface area contributed by atoms with Crippen molar-refractivity contribution in [2.24, 2.45) is 16.7 Å². The van der Waals surface area contributed by atoms with Crippen molar-refractivity contribution in [1.29, 1.82) is 0 Å². The summed E-state index contributed by atoms with van der Waals surface area (Å²) in [7, 11) is 0. The Hall–Kier alpha value is -2.15. The molecule has 1 saturated carbocycles. The van der Waals surface area contributed by atoms with E-state index in [0.29, 0.717) is 13.1 Å². The number of carbonyl (C=O) groups is 2. The predicted octanol–water partition coefficient (Wildman–Crippen LogP) is 1.63. The number of phenols is 1. The number of amides is 2. The average Bonchev–Trinajstić information content (AvgIpc) is 3.00. The van der Waals surface area contributed by atoms with Gasteiger partial charge in [-0.3, -0.25) is 9.59 Å². The molecule has 5 rings (SSSR count). The number of aromatic hydroxyl groups is 1. The first-order chi connectivity index (χ1) is 12.9. The van der Waals surface area contributed by atoms with Crippen LogP contribution in [0, 0.1) is 22.6 Å². The maximum atomic E-state index is 13.8. The lowest BCUT2D eigenvalue weighted by atomic mass is 9.57. The Labute approximate surface area is 156 Å². The lowest BCUT2D eigenvalue weighted by Gasteiger charge is -2.59. The molecule has 2 amide bonds. The van der Waals surface area contributed by atoms with Crippen molar-refractivity contribution in [1.82, 2.24) is 9.80 Å². The zero-order chi connectivity index (χ0) is 18.8. The first kappa shape index (κ1) is 17.0. The first-order valence-corrected chi connectivity index (χ1v) is 9.53. The first-order valence-electron chi connectivity index (χ1n) is 9.53. The molecule has 144 valence electrons. The topological polar surface area (TPSA) is 70.1 Å². The van der Waals surface area contributed by atoms with Gasteiger partial charge in [0.25, 0.3) is 5.91 Å². The Bertz CT molecular complexity index is 808. The minimum atomic E-state index is -0.622. The summed E-state index contributed by atoms with van der Waals surface area (Å²) in [5.74, 6) is -0.840. The molecule has 1 N–H and O–H groups in total. The standard InChI is InChI=1S/C20H23FN2O4/c21-16-2-1-14(24)5-15(16)18(26)23-9-20(10-23)6-13(7-20)17(25)22-4-3-19(8-22)11-27-12-19/h1-2,5,13,24H,3-4,6-12H2. The third-order valence-corrected chi connectivity index (χ3v) is 6.79. The quantitative estimate of drug-likeness (QED) is 0.854. The maximum absolute atomic E-state index is 13.8. The smallest absolute Gasteiger partial charge is 0.257 e. The maximum Gasteiger partial charge on any atom is 0.257 e. The summed E-state index contributed by atoms with van der Waals surface area (Å²) in [5.41, 5.74) is 0.129. The van der Waals surface area contributed by atoms with Crippen molar-refractivity contribution in [3.8, 4) is 5.75 Å². The van der Waals surface area contributed by atoms with Crippen LogP contribution in [0.1, 0.15) is 29.6 Å². The van der Waals surface area contributed by atoms with Crippen molar-refractivity contribution in [2.75, 3.05) is 39.4 Å². The van der Waals surface area contributed by atoms with Gasteiger partial charge in [-0.1, -0.05) is 0 Å². The second-order valence-corrected chi connectivity index (χ2v) is 8.93. The highest BCUT2D eigenvalue weighted by atomic mass is 19.1. The lowest BCUT2D eigenvalue weighted by molar-refractivity contribution is -0.153. The Kier molecular flexibility index (Phi) is 3.57. The van der Waals surface area contributed by atoms with Crippen molar-refractivity contribution < 1.29 is 23.8 Å². The number of hydrogen-bond donors (Lipinski definition) is 1. The van der Waals surface area contributed by atoms with Crippen molar-refractivity contribution in [3.05, 3.63) is 29.6 Å². The van der Waals surface area contributed by atoms with E-state index in [1.165, 1.54) is 12.1 Å². The number of ether oxygens (including phenoxy) is 1. The molecule has 6 nitrogen and oxygen atoms in total. The van der Waals surface area contributed by atoms with Gasteiger partial charge in [0, 0.05) is 42.9 Å². The molecule has 1 aromatic carbocycles. The molecule has 0 radical (unpaired) electrons. The molecule has 0 unspecified atom stereocenters. The monoisotopic (exact) mass is 374 g/mol. The molecule has 3 saturated heterocycles. The Balaban J connectivity index is 1.15. The van der Waals surface area contributed by atoms with Crippen LogP contribution in [0.2, 0.25) is 0 Å². The third kappa shape index (κ3) is 2.63. The number of hydrogen-bond acceptors (Lipinski definition) is 4. The zero-order valence-electron chi connectivity index (χ0n) is 15.1. The lowest BCUT2D eigenvalue weighted by Crippen LogP contribution is -2.65. The summed E-state index contributed by atoms with van der Waals surface area (Å²) in [4.78, 5) is 28.8. The number of rotatable bonds is 2. The molecule has 1 aromatic rings. The number of nitrogens with zero attached hydrogens (tertiary/aromatic N) is 2. The number of carbonyl (C=O) groups excluding carboxylic acids is 2. The van der Waals surface area contributed by atoms with E-state index in [1.54, 1.807) is 4.90 Å². The van der Waals surface area contributed by atoms with Crippen molar-refractivity contribution in [2.45, 2.75) is 19.3 Å². The fourth-order valence-corrected chi connectivity index (χ4v) is 5.18. The van der Waals surface area contributed by atoms with E-state index in [-0.39, 0.29) is 34.0 Å². The Morgan fingerprint density at radius 2 is 1.81 bits per heavy atom. The number of likely N-dealkylation sites (tertiary alicyclic amines) is 2. The molecule has 4 aliphatic rings. The van der Waals surface area contributed by atoms with Crippen LogP contribution in [-0.4, -0.2) is 66.1 Å². The highest BCUT2D eigenvalue weighted by Gasteiger charge is 2.57. The SMILES string of the molecule is O=C(c1cc(O)ccc1F)N1CC2(CC(C(=O)N3CCC4(COC4)C3)C2)C1. The van der Waals surface area contributed by atoms with Crippen LogP contribution in [0.15, 0.2) is 18.2 Å². The van der Waals surface area contributed by atoms with Gasteiger partial charge < -0.3 is 19.6 Å². The fraction of sp³-hybridized carbons (Fsp3) is 0.600. The highest BCUT2D eigenvalue weighted by molar-refractivity contribution is 5.95. The molecule has 3 aliphatic heterocycles. The largest absolute Gasteiger partial charge is 0.508 e. The summed E-state index contributed by atoms with van der Waals surface area (Å²) in [6.45, 7) is 4.30. The molecular weight excluding hydrogens is 351 g/mol. The van der Waals surface area contributed by atoms with Crippen LogP contribution < -0.4 is 0 Å². The van der Waals surface area contributed by atoms with Crippen LogP contribution in [0.4, 0.5) is 4.39 Å². The Morgan fingerprint density at radius 3 is 2.44 bits per heavy atom. The highest BCUT2D eigenvalue weighted by Crippen LogP contribution is 2.53. The summed E-state index contributed by atoms with van der Waals surface area (Å²) in [5, 5.41) is 9.49. The molecule has 2 spiro atoms. The van der Waals surface area contributed by atoms with E-state index in [9.17, 15) is 19.1 Å². The van der Waals surface area contributed by atoms with Gasteiger partial charge in [0.05, 0.1) is 18.8 Å². The minimum Gasteiger partial charge on any atom is -0.508 e. The van der Waals surface area contributed by atoms with Gasteiger partial charge in [-0.2, -0.15) is 0 Å². The molecule has 7 heteroatoms. The van der Waals surface area contributed by atoms with Crippen LogP contribution in [0.25, 0.3) is 0 Å². The molecule has 1 aliphatic carbocycles. The molecule has 4 fully saturated rings. The van der Waals surface area contributed by atoms with Crippen LogP contribution >= 0.6 is 0 Å². The van der Waals surface area contributed by atoms with E-state index in [1.807, 2.05) is 4.90 Å². The van der Waals surface area contributed by atoms with Crippen molar-refractivity contribution in [3.63, 3.8) is 0 Å². The van der Waals surface area contributed by atoms with Crippen LogP contribution in [0.5, 0.6) is 5.75 Å². The molecular formula is C20H23FN2O4. The predicted molar refractivity (Wildman–Crippen MR) is 93.6 cm³/mol. The minimum absolute atomic E-state index is 0.0142. The number of phenolic OH excluding ortho intramolecular Hbond substituents is 1. The van der Waals surface area contributed by atoms with Gasteiger partial charge in [-0.15, -0.1) is 0 Å². The summed E-state index contributed by atoms with van der Waals surface area (Å²) in [6, 6.07) is 3.50. The fourth-order valence-electron chi connectivity index (χ4n) is 5.18. The van der Waals surface area contributed by atoms with Crippen molar-refractivity contribution >= 4 is 11.8 Å². The molecule has 0 aromatic heterocycles. The average molecular weight is 374 g/mol. The second kappa shape index (κ2) is 5.67. The zero-order valence-corrected chi connectivity index (χ0v) is 15.1. The third-order valence-electron chi connectivity index (χ3n) is 6.79. The summed E-state index contributed by atoms with van der Waals surface area (Å²) < 4.78 is 19.2. The van der Waals surface area contributed by atoms with Crippen LogP contribution in [-0.2, 0) is 9.53 Å². The van der Waals surface area contributed by atoms with E-state index >= 15 is 0 Å². The van der Waals surface area contributed by atoms with E-state index in [0.717, 1.165) is 51.6 Å². The van der Waals surface area contributed by atoms with Gasteiger partial charge in [-0.25, -0.2) is 4.39 Å².